The highest BCUT2D eigenvalue weighted by atomic mass is 35.5. The van der Waals surface area contributed by atoms with E-state index >= 15 is 0 Å². The van der Waals surface area contributed by atoms with E-state index in [1.54, 1.807) is 18.2 Å². The third-order valence-corrected chi connectivity index (χ3v) is 3.75. The van der Waals surface area contributed by atoms with E-state index in [4.69, 9.17) is 16.3 Å². The van der Waals surface area contributed by atoms with Gasteiger partial charge in [0, 0.05) is 6.07 Å². The number of nitrogens with zero attached hydrogens (tertiary/aromatic N) is 1. The first-order valence-corrected chi connectivity index (χ1v) is 7.06. The summed E-state index contributed by atoms with van der Waals surface area (Å²) in [6.45, 7) is 5.68. The molecule has 1 aliphatic heterocycles. The minimum Gasteiger partial charge on any atom is -0.497 e. The third-order valence-electron chi connectivity index (χ3n) is 3.43. The Hall–Kier alpha value is -1.75. The molecule has 1 atom stereocenters. The molecule has 1 saturated heterocycles. The van der Waals surface area contributed by atoms with Gasteiger partial charge < -0.3 is 10.1 Å². The van der Waals surface area contributed by atoms with Gasteiger partial charge in [-0.3, -0.25) is 14.5 Å². The SMILES string of the molecule is COc1ccc(Cl)c(N2CC(=O)NC(C(C)(C)C)C2=O)c1. The molecular weight excluding hydrogens is 292 g/mol. The predicted molar refractivity (Wildman–Crippen MR) is 81.7 cm³/mol. The number of anilines is 1. The Labute approximate surface area is 129 Å². The first-order chi connectivity index (χ1) is 9.74. The number of nitrogens with one attached hydrogen (secondary N) is 1. The third kappa shape index (κ3) is 3.13. The zero-order chi connectivity index (χ0) is 15.8. The second-order valence-electron chi connectivity index (χ2n) is 6.11. The number of hydrogen-bond donors (Lipinski definition) is 1. The molecule has 114 valence electrons. The van der Waals surface area contributed by atoms with E-state index in [-0.39, 0.29) is 23.8 Å². The molecule has 0 aromatic heterocycles. The lowest BCUT2D eigenvalue weighted by Gasteiger charge is -2.39. The maximum atomic E-state index is 12.7. The lowest BCUT2D eigenvalue weighted by atomic mass is 9.84. The molecule has 1 unspecified atom stereocenters. The fourth-order valence-electron chi connectivity index (χ4n) is 2.26. The van der Waals surface area contributed by atoms with Gasteiger partial charge in [-0.05, 0) is 17.5 Å². The number of hydrogen-bond acceptors (Lipinski definition) is 3. The van der Waals surface area contributed by atoms with E-state index in [2.05, 4.69) is 5.32 Å². The molecule has 1 N–H and O–H groups in total. The van der Waals surface area contributed by atoms with Gasteiger partial charge in [-0.2, -0.15) is 0 Å². The molecule has 0 spiro atoms. The largest absolute Gasteiger partial charge is 0.497 e. The summed E-state index contributed by atoms with van der Waals surface area (Å²) in [6, 6.07) is 4.45. The molecule has 0 aliphatic carbocycles. The van der Waals surface area contributed by atoms with E-state index in [1.165, 1.54) is 12.0 Å². The molecule has 0 radical (unpaired) electrons. The molecule has 1 aromatic rings. The van der Waals surface area contributed by atoms with Gasteiger partial charge in [0.25, 0.3) is 5.91 Å². The highest BCUT2D eigenvalue weighted by Gasteiger charge is 2.41. The van der Waals surface area contributed by atoms with E-state index in [0.717, 1.165) is 0 Å². The molecule has 0 saturated carbocycles. The highest BCUT2D eigenvalue weighted by Crippen LogP contribution is 2.33. The summed E-state index contributed by atoms with van der Waals surface area (Å²) in [6.07, 6.45) is 0. The number of rotatable bonds is 2. The summed E-state index contributed by atoms with van der Waals surface area (Å²) < 4.78 is 5.16. The maximum Gasteiger partial charge on any atom is 0.250 e. The number of carbonyl (C=O) groups excluding carboxylic acids is 2. The number of amides is 2. The van der Waals surface area contributed by atoms with Crippen LogP contribution >= 0.6 is 11.6 Å². The van der Waals surface area contributed by atoms with Crippen LogP contribution in [0.3, 0.4) is 0 Å². The summed E-state index contributed by atoms with van der Waals surface area (Å²) in [7, 11) is 1.54. The Morgan fingerprint density at radius 1 is 1.33 bits per heavy atom. The molecule has 1 aliphatic rings. The molecular formula is C15H19ClN2O3. The number of carbonyl (C=O) groups is 2. The van der Waals surface area contributed by atoms with E-state index in [1.807, 2.05) is 20.8 Å². The Balaban J connectivity index is 2.43. The van der Waals surface area contributed by atoms with Gasteiger partial charge in [0.15, 0.2) is 0 Å². The molecule has 5 nitrogen and oxygen atoms in total. The van der Waals surface area contributed by atoms with Crippen molar-refractivity contribution in [2.45, 2.75) is 26.8 Å². The van der Waals surface area contributed by atoms with Crippen LogP contribution in [0.4, 0.5) is 5.69 Å². The number of benzene rings is 1. The van der Waals surface area contributed by atoms with Crippen molar-refractivity contribution in [2.75, 3.05) is 18.6 Å². The average Bonchev–Trinajstić information content (AvgIpc) is 2.40. The van der Waals surface area contributed by atoms with Crippen LogP contribution in [-0.2, 0) is 9.59 Å². The van der Waals surface area contributed by atoms with E-state index in [0.29, 0.717) is 16.5 Å². The molecule has 2 rings (SSSR count). The van der Waals surface area contributed by atoms with Crippen molar-refractivity contribution >= 4 is 29.1 Å². The van der Waals surface area contributed by atoms with Gasteiger partial charge >= 0.3 is 0 Å². The van der Waals surface area contributed by atoms with Crippen LogP contribution in [0, 0.1) is 5.41 Å². The molecule has 0 bridgehead atoms. The second-order valence-corrected chi connectivity index (χ2v) is 6.52. The number of piperazine rings is 1. The number of methoxy groups -OCH3 is 1. The van der Waals surface area contributed by atoms with Crippen LogP contribution < -0.4 is 15.0 Å². The lowest BCUT2D eigenvalue weighted by molar-refractivity contribution is -0.133. The summed E-state index contributed by atoms with van der Waals surface area (Å²) in [5.74, 6) is 0.214. The van der Waals surface area contributed by atoms with Crippen molar-refractivity contribution in [3.63, 3.8) is 0 Å². The van der Waals surface area contributed by atoms with Crippen molar-refractivity contribution in [2.24, 2.45) is 5.41 Å². The van der Waals surface area contributed by atoms with Gasteiger partial charge in [0.2, 0.25) is 5.91 Å². The van der Waals surface area contributed by atoms with Gasteiger partial charge in [0.1, 0.15) is 18.3 Å². The zero-order valence-corrected chi connectivity index (χ0v) is 13.3. The Bertz CT molecular complexity index is 581. The van der Waals surface area contributed by atoms with Crippen LogP contribution in [0.2, 0.25) is 5.02 Å². The summed E-state index contributed by atoms with van der Waals surface area (Å²) in [4.78, 5) is 26.0. The quantitative estimate of drug-likeness (QED) is 0.911. The molecule has 1 heterocycles. The smallest absolute Gasteiger partial charge is 0.250 e. The Morgan fingerprint density at radius 3 is 2.57 bits per heavy atom. The fourth-order valence-corrected chi connectivity index (χ4v) is 2.48. The molecule has 6 heteroatoms. The van der Waals surface area contributed by atoms with Crippen LogP contribution in [0.1, 0.15) is 20.8 Å². The minimum absolute atomic E-state index is 0.0434. The first kappa shape index (κ1) is 15.6. The zero-order valence-electron chi connectivity index (χ0n) is 12.6. The van der Waals surface area contributed by atoms with Gasteiger partial charge in [-0.1, -0.05) is 32.4 Å². The van der Waals surface area contributed by atoms with Crippen LogP contribution in [0.5, 0.6) is 5.75 Å². The summed E-state index contributed by atoms with van der Waals surface area (Å²) in [5, 5.41) is 3.16. The van der Waals surface area contributed by atoms with E-state index < -0.39 is 6.04 Å². The summed E-state index contributed by atoms with van der Waals surface area (Å²) >= 11 is 6.18. The Morgan fingerprint density at radius 2 is 2.00 bits per heavy atom. The predicted octanol–water partition coefficient (Wildman–Crippen LogP) is 2.23. The van der Waals surface area contributed by atoms with Crippen molar-refractivity contribution in [1.29, 1.82) is 0 Å². The average molecular weight is 311 g/mol. The first-order valence-electron chi connectivity index (χ1n) is 6.68. The lowest BCUT2D eigenvalue weighted by Crippen LogP contribution is -2.62. The maximum absolute atomic E-state index is 12.7. The Kier molecular flexibility index (Phi) is 4.14. The van der Waals surface area contributed by atoms with Crippen LogP contribution in [0.25, 0.3) is 0 Å². The van der Waals surface area contributed by atoms with Crippen molar-refractivity contribution in [1.82, 2.24) is 5.32 Å². The second kappa shape index (κ2) is 5.56. The molecule has 2 amide bonds. The van der Waals surface area contributed by atoms with Crippen LogP contribution in [-0.4, -0.2) is 31.5 Å². The van der Waals surface area contributed by atoms with Crippen molar-refractivity contribution < 1.29 is 14.3 Å². The van der Waals surface area contributed by atoms with Gasteiger partial charge in [0.05, 0.1) is 17.8 Å². The van der Waals surface area contributed by atoms with Crippen molar-refractivity contribution in [3.8, 4) is 5.75 Å². The standard InChI is InChI=1S/C15H19ClN2O3/c1-15(2,3)13-14(20)18(8-12(19)17-13)11-7-9(21-4)5-6-10(11)16/h5-7,13H,8H2,1-4H3,(H,17,19). The van der Waals surface area contributed by atoms with Gasteiger partial charge in [-0.15, -0.1) is 0 Å². The summed E-state index contributed by atoms with van der Waals surface area (Å²) in [5.41, 5.74) is 0.113. The topological polar surface area (TPSA) is 58.6 Å². The molecule has 21 heavy (non-hydrogen) atoms. The minimum atomic E-state index is -0.582. The van der Waals surface area contributed by atoms with Gasteiger partial charge in [-0.25, -0.2) is 0 Å². The van der Waals surface area contributed by atoms with E-state index in [9.17, 15) is 9.59 Å². The highest BCUT2D eigenvalue weighted by molar-refractivity contribution is 6.34. The van der Waals surface area contributed by atoms with Crippen molar-refractivity contribution in [3.05, 3.63) is 23.2 Å². The monoisotopic (exact) mass is 310 g/mol. The molecule has 1 aromatic carbocycles. The fraction of sp³-hybridized carbons (Fsp3) is 0.467. The number of halogens is 1. The van der Waals surface area contributed by atoms with Crippen LogP contribution in [0.15, 0.2) is 18.2 Å². The number of ether oxygens (including phenoxy) is 1. The molecule has 1 fully saturated rings. The normalized spacial score (nSPS) is 19.5.